The second-order valence-corrected chi connectivity index (χ2v) is 5.17. The minimum Gasteiger partial charge on any atom is -0.456 e. The molecule has 1 aromatic heterocycles. The first-order valence-electron chi connectivity index (χ1n) is 6.55. The third-order valence-corrected chi connectivity index (χ3v) is 3.49. The Hall–Kier alpha value is -1.29. The largest absolute Gasteiger partial charge is 0.456 e. The van der Waals surface area contributed by atoms with Crippen molar-refractivity contribution < 1.29 is 14.3 Å². The van der Waals surface area contributed by atoms with Gasteiger partial charge >= 0.3 is 0 Å². The lowest BCUT2D eigenvalue weighted by molar-refractivity contribution is 0.0615. The summed E-state index contributed by atoms with van der Waals surface area (Å²) in [4.78, 5) is 13.7. The number of likely N-dealkylation sites (N-methyl/N-ethyl adjacent to an activating group) is 1. The van der Waals surface area contributed by atoms with E-state index in [1.165, 1.54) is 0 Å². The molecule has 1 atom stereocenters. The second kappa shape index (κ2) is 5.14. The van der Waals surface area contributed by atoms with Gasteiger partial charge in [0.05, 0.1) is 6.10 Å². The molecule has 0 aromatic carbocycles. The maximum absolute atomic E-state index is 12.2. The van der Waals surface area contributed by atoms with Gasteiger partial charge in [-0.1, -0.05) is 6.92 Å². The van der Waals surface area contributed by atoms with Gasteiger partial charge in [0.1, 0.15) is 5.76 Å². The third-order valence-electron chi connectivity index (χ3n) is 3.49. The number of hydrogen-bond acceptors (Lipinski definition) is 3. The Morgan fingerprint density at radius 1 is 1.61 bits per heavy atom. The van der Waals surface area contributed by atoms with Crippen molar-refractivity contribution >= 4 is 5.91 Å². The lowest BCUT2D eigenvalue weighted by Crippen LogP contribution is -2.35. The number of rotatable bonds is 5. The van der Waals surface area contributed by atoms with Crippen molar-refractivity contribution in [1.29, 1.82) is 0 Å². The molecule has 1 fully saturated rings. The van der Waals surface area contributed by atoms with E-state index >= 15 is 0 Å². The fourth-order valence-corrected chi connectivity index (χ4v) is 2.10. The van der Waals surface area contributed by atoms with E-state index in [9.17, 15) is 9.90 Å². The van der Waals surface area contributed by atoms with Crippen LogP contribution in [0.3, 0.4) is 0 Å². The van der Waals surface area contributed by atoms with Crippen molar-refractivity contribution in [1.82, 2.24) is 4.90 Å². The molecular formula is C14H21NO3. The van der Waals surface area contributed by atoms with E-state index in [0.717, 1.165) is 30.6 Å². The first kappa shape index (κ1) is 13.1. The molecule has 1 unspecified atom stereocenters. The van der Waals surface area contributed by atoms with Gasteiger partial charge in [-0.05, 0) is 31.7 Å². The standard InChI is InChI=1S/C14H21NO3/c1-4-11-7-9(2)13(18-11)14(17)15(3)8-12(16)10-5-6-10/h7,10,12,16H,4-6,8H2,1-3H3. The van der Waals surface area contributed by atoms with Crippen molar-refractivity contribution in [3.8, 4) is 0 Å². The average Bonchev–Trinajstić information content (AvgIpc) is 3.12. The average molecular weight is 251 g/mol. The minimum atomic E-state index is -0.403. The van der Waals surface area contributed by atoms with Crippen LogP contribution in [0.15, 0.2) is 10.5 Å². The molecule has 1 heterocycles. The van der Waals surface area contributed by atoms with Gasteiger partial charge in [0.2, 0.25) is 0 Å². The Morgan fingerprint density at radius 2 is 2.28 bits per heavy atom. The van der Waals surface area contributed by atoms with Gasteiger partial charge < -0.3 is 14.4 Å². The zero-order chi connectivity index (χ0) is 13.3. The molecule has 1 aliphatic rings. The van der Waals surface area contributed by atoms with Crippen LogP contribution in [-0.4, -0.2) is 35.6 Å². The number of aryl methyl sites for hydroxylation is 2. The summed E-state index contributed by atoms with van der Waals surface area (Å²) in [6.45, 7) is 4.25. The van der Waals surface area contributed by atoms with Crippen molar-refractivity contribution in [2.24, 2.45) is 5.92 Å². The summed E-state index contributed by atoms with van der Waals surface area (Å²) in [6, 6.07) is 1.90. The first-order chi connectivity index (χ1) is 8.52. The van der Waals surface area contributed by atoms with Gasteiger partial charge in [0.25, 0.3) is 5.91 Å². The molecule has 1 saturated carbocycles. The molecule has 0 aliphatic heterocycles. The molecule has 1 amide bonds. The van der Waals surface area contributed by atoms with E-state index in [-0.39, 0.29) is 5.91 Å². The van der Waals surface area contributed by atoms with Gasteiger partial charge in [0, 0.05) is 25.6 Å². The number of carbonyl (C=O) groups excluding carboxylic acids is 1. The Balaban J connectivity index is 2.02. The van der Waals surface area contributed by atoms with Crippen molar-refractivity contribution in [3.05, 3.63) is 23.2 Å². The van der Waals surface area contributed by atoms with Crippen molar-refractivity contribution in [2.45, 2.75) is 39.2 Å². The van der Waals surface area contributed by atoms with Crippen molar-refractivity contribution in [2.75, 3.05) is 13.6 Å². The number of aliphatic hydroxyl groups is 1. The number of carbonyl (C=O) groups is 1. The fraction of sp³-hybridized carbons (Fsp3) is 0.643. The summed E-state index contributed by atoms with van der Waals surface area (Å²) < 4.78 is 5.53. The van der Waals surface area contributed by atoms with Crippen LogP contribution in [0.2, 0.25) is 0 Å². The highest BCUT2D eigenvalue weighted by molar-refractivity contribution is 5.92. The second-order valence-electron chi connectivity index (χ2n) is 5.17. The van der Waals surface area contributed by atoms with Crippen LogP contribution in [0.25, 0.3) is 0 Å². The van der Waals surface area contributed by atoms with Crippen LogP contribution in [0.1, 0.15) is 41.6 Å². The smallest absolute Gasteiger partial charge is 0.289 e. The van der Waals surface area contributed by atoms with Crippen LogP contribution in [-0.2, 0) is 6.42 Å². The number of nitrogens with zero attached hydrogens (tertiary/aromatic N) is 1. The summed E-state index contributed by atoms with van der Waals surface area (Å²) in [5.74, 6) is 1.46. The highest BCUT2D eigenvalue weighted by atomic mass is 16.4. The summed E-state index contributed by atoms with van der Waals surface area (Å²) in [5.41, 5.74) is 0.865. The number of amides is 1. The van der Waals surface area contributed by atoms with E-state index in [1.54, 1.807) is 11.9 Å². The van der Waals surface area contributed by atoms with Crippen LogP contribution in [0.4, 0.5) is 0 Å². The maximum atomic E-state index is 12.2. The SMILES string of the molecule is CCc1cc(C)c(C(=O)N(C)CC(O)C2CC2)o1. The molecule has 0 saturated heterocycles. The maximum Gasteiger partial charge on any atom is 0.289 e. The first-order valence-corrected chi connectivity index (χ1v) is 6.55. The van der Waals surface area contributed by atoms with Gasteiger partial charge in [-0.3, -0.25) is 4.79 Å². The molecule has 2 rings (SSSR count). The van der Waals surface area contributed by atoms with E-state index in [4.69, 9.17) is 4.42 Å². The van der Waals surface area contributed by atoms with E-state index in [2.05, 4.69) is 0 Å². The lowest BCUT2D eigenvalue weighted by Gasteiger charge is -2.19. The number of aliphatic hydroxyl groups excluding tert-OH is 1. The van der Waals surface area contributed by atoms with Crippen LogP contribution in [0.5, 0.6) is 0 Å². The quantitative estimate of drug-likeness (QED) is 0.870. The normalized spacial score (nSPS) is 16.7. The molecule has 1 aliphatic carbocycles. The lowest BCUT2D eigenvalue weighted by atomic mass is 10.2. The Labute approximate surface area is 108 Å². The van der Waals surface area contributed by atoms with E-state index in [1.807, 2.05) is 19.9 Å². The predicted molar refractivity (Wildman–Crippen MR) is 68.5 cm³/mol. The Morgan fingerprint density at radius 3 is 2.78 bits per heavy atom. The molecule has 4 heteroatoms. The molecule has 0 spiro atoms. The summed E-state index contributed by atoms with van der Waals surface area (Å²) in [5, 5.41) is 9.85. The van der Waals surface area contributed by atoms with E-state index in [0.29, 0.717) is 18.2 Å². The predicted octanol–water partition coefficient (Wildman–Crippen LogP) is 1.99. The fourth-order valence-electron chi connectivity index (χ4n) is 2.10. The Bertz CT molecular complexity index is 434. The van der Waals surface area contributed by atoms with Gasteiger partial charge in [-0.15, -0.1) is 0 Å². The molecule has 0 radical (unpaired) electrons. The number of hydrogen-bond donors (Lipinski definition) is 1. The van der Waals surface area contributed by atoms with Crippen molar-refractivity contribution in [3.63, 3.8) is 0 Å². The van der Waals surface area contributed by atoms with Crippen LogP contribution in [0, 0.1) is 12.8 Å². The zero-order valence-corrected chi connectivity index (χ0v) is 11.3. The van der Waals surface area contributed by atoms with Gasteiger partial charge in [0.15, 0.2) is 5.76 Å². The van der Waals surface area contributed by atoms with Crippen LogP contribution < -0.4 is 0 Å². The zero-order valence-electron chi connectivity index (χ0n) is 11.3. The monoisotopic (exact) mass is 251 g/mol. The molecule has 1 aromatic rings. The molecule has 4 nitrogen and oxygen atoms in total. The minimum absolute atomic E-state index is 0.146. The van der Waals surface area contributed by atoms with Crippen LogP contribution >= 0.6 is 0 Å². The molecule has 100 valence electrons. The topological polar surface area (TPSA) is 53.7 Å². The number of furan rings is 1. The van der Waals surface area contributed by atoms with Gasteiger partial charge in [-0.2, -0.15) is 0 Å². The highest BCUT2D eigenvalue weighted by Gasteiger charge is 2.32. The highest BCUT2D eigenvalue weighted by Crippen LogP contribution is 2.32. The van der Waals surface area contributed by atoms with Gasteiger partial charge in [-0.25, -0.2) is 0 Å². The molecule has 0 bridgehead atoms. The molecule has 18 heavy (non-hydrogen) atoms. The third kappa shape index (κ3) is 2.75. The molecular weight excluding hydrogens is 230 g/mol. The molecule has 1 N–H and O–H groups in total. The Kier molecular flexibility index (Phi) is 3.76. The summed E-state index contributed by atoms with van der Waals surface area (Å²) in [7, 11) is 1.71. The summed E-state index contributed by atoms with van der Waals surface area (Å²) >= 11 is 0. The summed E-state index contributed by atoms with van der Waals surface area (Å²) in [6.07, 6.45) is 2.52. The van der Waals surface area contributed by atoms with E-state index < -0.39 is 6.10 Å².